The first kappa shape index (κ1) is 13.8. The van der Waals surface area contributed by atoms with Crippen LogP contribution in [0.3, 0.4) is 0 Å². The Hall–Kier alpha value is -3.15. The van der Waals surface area contributed by atoms with Crippen molar-refractivity contribution in [2.75, 3.05) is 0 Å². The summed E-state index contributed by atoms with van der Waals surface area (Å²) >= 11 is 0. The highest BCUT2D eigenvalue weighted by atomic mass is 19.1. The number of aromatic nitrogens is 2. The molecule has 0 saturated carbocycles. The first-order chi connectivity index (χ1) is 10.6. The second kappa shape index (κ2) is 5.69. The summed E-state index contributed by atoms with van der Waals surface area (Å²) in [5, 5.41) is 0. The van der Waals surface area contributed by atoms with Gasteiger partial charge in [0.2, 0.25) is 0 Å². The molecule has 0 saturated heterocycles. The molecule has 0 aliphatic rings. The van der Waals surface area contributed by atoms with Crippen molar-refractivity contribution in [1.29, 1.82) is 0 Å². The fourth-order valence-electron chi connectivity index (χ4n) is 2.14. The van der Waals surface area contributed by atoms with Crippen molar-refractivity contribution in [3.05, 3.63) is 60.7 Å². The molecule has 1 amide bonds. The predicted molar refractivity (Wildman–Crippen MR) is 79.6 cm³/mol. The molecule has 0 aliphatic carbocycles. The number of carbonyl (C=O) groups excluding carboxylic acids is 1. The summed E-state index contributed by atoms with van der Waals surface area (Å²) in [6.45, 7) is 0. The van der Waals surface area contributed by atoms with E-state index in [0.29, 0.717) is 11.3 Å². The van der Waals surface area contributed by atoms with Crippen LogP contribution in [-0.4, -0.2) is 16.1 Å². The van der Waals surface area contributed by atoms with Crippen LogP contribution in [0.5, 0.6) is 5.75 Å². The molecule has 3 aromatic rings. The van der Waals surface area contributed by atoms with Gasteiger partial charge in [-0.25, -0.2) is 9.18 Å². The molecule has 2 aromatic heterocycles. The van der Waals surface area contributed by atoms with Gasteiger partial charge in [-0.3, -0.25) is 4.98 Å². The van der Waals surface area contributed by atoms with E-state index in [9.17, 15) is 9.18 Å². The standard InChI is InChI=1S/C16H12FN3O2/c17-12-3-1-11(2-4-12)15-14(22-16(18)21)9-13(20-15)10-5-7-19-8-6-10/h1-9,20H,(H2,18,21). The van der Waals surface area contributed by atoms with Gasteiger partial charge >= 0.3 is 6.09 Å². The Morgan fingerprint density at radius 3 is 2.41 bits per heavy atom. The van der Waals surface area contributed by atoms with Gasteiger partial charge in [0.05, 0.1) is 5.69 Å². The molecule has 0 spiro atoms. The molecule has 5 nitrogen and oxygen atoms in total. The molecule has 3 rings (SSSR count). The lowest BCUT2D eigenvalue weighted by Crippen LogP contribution is -2.16. The van der Waals surface area contributed by atoms with Gasteiger partial charge in [-0.1, -0.05) is 0 Å². The molecule has 0 bridgehead atoms. The number of benzene rings is 1. The summed E-state index contributed by atoms with van der Waals surface area (Å²) < 4.78 is 18.1. The normalized spacial score (nSPS) is 10.4. The zero-order valence-corrected chi connectivity index (χ0v) is 11.4. The number of nitrogens with one attached hydrogen (secondary N) is 1. The highest BCUT2D eigenvalue weighted by Crippen LogP contribution is 2.34. The smallest absolute Gasteiger partial charge is 0.408 e. The van der Waals surface area contributed by atoms with E-state index < -0.39 is 6.09 Å². The maximum atomic E-state index is 13.1. The van der Waals surface area contributed by atoms with Gasteiger partial charge in [0.15, 0.2) is 5.75 Å². The van der Waals surface area contributed by atoms with E-state index in [4.69, 9.17) is 10.5 Å². The second-order valence-corrected chi connectivity index (χ2v) is 4.59. The average molecular weight is 297 g/mol. The molecule has 22 heavy (non-hydrogen) atoms. The molecule has 0 unspecified atom stereocenters. The highest BCUT2D eigenvalue weighted by molar-refractivity contribution is 5.78. The number of hydrogen-bond donors (Lipinski definition) is 2. The third-order valence-electron chi connectivity index (χ3n) is 3.12. The lowest BCUT2D eigenvalue weighted by Gasteiger charge is -2.03. The van der Waals surface area contributed by atoms with Gasteiger partial charge in [0.1, 0.15) is 5.82 Å². The molecule has 2 heterocycles. The van der Waals surface area contributed by atoms with Crippen molar-refractivity contribution in [2.45, 2.75) is 0 Å². The van der Waals surface area contributed by atoms with E-state index in [1.807, 2.05) is 12.1 Å². The fourth-order valence-corrected chi connectivity index (χ4v) is 2.14. The highest BCUT2D eigenvalue weighted by Gasteiger charge is 2.14. The van der Waals surface area contributed by atoms with Crippen LogP contribution in [0.25, 0.3) is 22.5 Å². The minimum absolute atomic E-state index is 0.283. The number of halogens is 1. The summed E-state index contributed by atoms with van der Waals surface area (Å²) in [5.41, 5.74) is 7.93. The number of carbonyl (C=O) groups is 1. The van der Waals surface area contributed by atoms with E-state index in [1.54, 1.807) is 30.6 Å². The molecule has 110 valence electrons. The summed E-state index contributed by atoms with van der Waals surface area (Å²) in [4.78, 5) is 18.2. The number of hydrogen-bond acceptors (Lipinski definition) is 3. The number of pyridine rings is 1. The van der Waals surface area contributed by atoms with E-state index in [-0.39, 0.29) is 11.6 Å². The third-order valence-corrected chi connectivity index (χ3v) is 3.12. The zero-order chi connectivity index (χ0) is 15.5. The Balaban J connectivity index is 2.09. The molecule has 1 aromatic carbocycles. The van der Waals surface area contributed by atoms with E-state index in [2.05, 4.69) is 9.97 Å². The summed E-state index contributed by atoms with van der Waals surface area (Å²) in [6.07, 6.45) is 2.40. The molecule has 0 fully saturated rings. The maximum Gasteiger partial charge on any atom is 0.410 e. The van der Waals surface area contributed by atoms with Crippen LogP contribution in [0.1, 0.15) is 0 Å². The van der Waals surface area contributed by atoms with Crippen LogP contribution in [0, 0.1) is 5.82 Å². The lowest BCUT2D eigenvalue weighted by atomic mass is 10.1. The molecule has 0 atom stereocenters. The lowest BCUT2D eigenvalue weighted by molar-refractivity contribution is 0.211. The summed E-state index contributed by atoms with van der Waals surface area (Å²) in [7, 11) is 0. The summed E-state index contributed by atoms with van der Waals surface area (Å²) in [5.74, 6) is -0.0621. The Morgan fingerprint density at radius 2 is 1.77 bits per heavy atom. The van der Waals surface area contributed by atoms with E-state index >= 15 is 0 Å². The second-order valence-electron chi connectivity index (χ2n) is 4.59. The van der Waals surface area contributed by atoms with Crippen molar-refractivity contribution >= 4 is 6.09 Å². The van der Waals surface area contributed by atoms with Gasteiger partial charge < -0.3 is 15.5 Å². The van der Waals surface area contributed by atoms with Gasteiger partial charge in [0.25, 0.3) is 0 Å². The van der Waals surface area contributed by atoms with Crippen molar-refractivity contribution < 1.29 is 13.9 Å². The number of primary amides is 1. The van der Waals surface area contributed by atoms with Crippen molar-refractivity contribution in [3.8, 4) is 28.3 Å². The minimum atomic E-state index is -0.913. The SMILES string of the molecule is NC(=O)Oc1cc(-c2ccncc2)[nH]c1-c1ccc(F)cc1. The van der Waals surface area contributed by atoms with Gasteiger partial charge in [-0.2, -0.15) is 0 Å². The number of ether oxygens (including phenoxy) is 1. The van der Waals surface area contributed by atoms with Gasteiger partial charge in [-0.15, -0.1) is 0 Å². The number of H-pyrrole nitrogens is 1. The van der Waals surface area contributed by atoms with Crippen LogP contribution < -0.4 is 10.5 Å². The molecule has 0 radical (unpaired) electrons. The molecule has 6 heteroatoms. The molecular formula is C16H12FN3O2. The number of nitrogens with two attached hydrogens (primary N) is 1. The zero-order valence-electron chi connectivity index (χ0n) is 11.4. The quantitative estimate of drug-likeness (QED) is 0.778. The fraction of sp³-hybridized carbons (Fsp3) is 0. The minimum Gasteiger partial charge on any atom is -0.408 e. The van der Waals surface area contributed by atoms with Gasteiger partial charge in [0, 0.05) is 35.3 Å². The van der Waals surface area contributed by atoms with Crippen molar-refractivity contribution in [2.24, 2.45) is 5.73 Å². The van der Waals surface area contributed by atoms with Crippen LogP contribution in [-0.2, 0) is 0 Å². The van der Waals surface area contributed by atoms with Crippen LogP contribution >= 0.6 is 0 Å². The first-order valence-electron chi connectivity index (χ1n) is 6.50. The number of aromatic amines is 1. The van der Waals surface area contributed by atoms with E-state index in [0.717, 1.165) is 11.3 Å². The number of rotatable bonds is 3. The third kappa shape index (κ3) is 2.80. The summed E-state index contributed by atoms with van der Waals surface area (Å²) in [6, 6.07) is 11.1. The molecule has 0 aliphatic heterocycles. The van der Waals surface area contributed by atoms with Crippen molar-refractivity contribution in [3.63, 3.8) is 0 Å². The molecule has 3 N–H and O–H groups in total. The Kier molecular flexibility index (Phi) is 3.57. The topological polar surface area (TPSA) is 81.0 Å². The maximum absolute atomic E-state index is 13.1. The Bertz CT molecular complexity index is 798. The molecular weight excluding hydrogens is 285 g/mol. The Labute approximate surface area is 125 Å². The first-order valence-corrected chi connectivity index (χ1v) is 6.50. The van der Waals surface area contributed by atoms with Crippen LogP contribution in [0.4, 0.5) is 9.18 Å². The van der Waals surface area contributed by atoms with Crippen LogP contribution in [0.2, 0.25) is 0 Å². The number of nitrogens with zero attached hydrogens (tertiary/aromatic N) is 1. The van der Waals surface area contributed by atoms with Gasteiger partial charge in [-0.05, 0) is 36.4 Å². The number of amides is 1. The monoisotopic (exact) mass is 297 g/mol. The Morgan fingerprint density at radius 1 is 1.09 bits per heavy atom. The van der Waals surface area contributed by atoms with Crippen LogP contribution in [0.15, 0.2) is 54.9 Å². The van der Waals surface area contributed by atoms with Crippen molar-refractivity contribution in [1.82, 2.24) is 9.97 Å². The average Bonchev–Trinajstić information content (AvgIpc) is 2.92. The largest absolute Gasteiger partial charge is 0.410 e. The van der Waals surface area contributed by atoms with E-state index in [1.165, 1.54) is 12.1 Å². The predicted octanol–water partition coefficient (Wildman–Crippen LogP) is 3.34.